The van der Waals surface area contributed by atoms with Crippen LogP contribution >= 0.6 is 0 Å². The third-order valence-electron chi connectivity index (χ3n) is 4.95. The Balaban J connectivity index is 1.94. The van der Waals surface area contributed by atoms with Crippen LogP contribution in [0.2, 0.25) is 0 Å². The van der Waals surface area contributed by atoms with Crippen molar-refractivity contribution in [3.8, 4) is 0 Å². The van der Waals surface area contributed by atoms with Gasteiger partial charge in [-0.2, -0.15) is 0 Å². The van der Waals surface area contributed by atoms with Crippen molar-refractivity contribution in [3.05, 3.63) is 86.6 Å². The fourth-order valence-electron chi connectivity index (χ4n) is 3.09. The third kappa shape index (κ3) is 4.13. The van der Waals surface area contributed by atoms with Crippen molar-refractivity contribution in [1.29, 1.82) is 0 Å². The summed E-state index contributed by atoms with van der Waals surface area (Å²) in [6.07, 6.45) is 0. The molecule has 0 bridgehead atoms. The molecule has 3 rings (SSSR count). The van der Waals surface area contributed by atoms with E-state index in [1.165, 1.54) is 21.0 Å². The number of aromatic nitrogens is 2. The van der Waals surface area contributed by atoms with Gasteiger partial charge in [-0.15, -0.1) is 0 Å². The number of carbonyl (C=O) groups is 1. The molecule has 1 aromatic heterocycles. The maximum absolute atomic E-state index is 12.8. The van der Waals surface area contributed by atoms with Gasteiger partial charge in [0.2, 0.25) is 5.91 Å². The van der Waals surface area contributed by atoms with Crippen molar-refractivity contribution in [2.75, 3.05) is 17.3 Å². The van der Waals surface area contributed by atoms with E-state index in [2.05, 4.69) is 5.32 Å². The number of rotatable bonds is 5. The third-order valence-corrected chi connectivity index (χ3v) is 4.95. The lowest BCUT2D eigenvalue weighted by Crippen LogP contribution is -2.41. The zero-order chi connectivity index (χ0) is 21.1. The molecular formula is C22H24N4O3. The van der Waals surface area contributed by atoms with Crippen molar-refractivity contribution < 1.29 is 4.79 Å². The molecule has 2 aromatic carbocycles. The van der Waals surface area contributed by atoms with Gasteiger partial charge in [-0.3, -0.25) is 18.7 Å². The van der Waals surface area contributed by atoms with Gasteiger partial charge in [-0.1, -0.05) is 30.3 Å². The molecule has 0 fully saturated rings. The number of carbonyl (C=O) groups excluding carboxylic acids is 1. The van der Waals surface area contributed by atoms with Crippen LogP contribution < -0.4 is 21.5 Å². The number of hydrogen-bond donors (Lipinski definition) is 1. The summed E-state index contributed by atoms with van der Waals surface area (Å²) in [5.74, 6) is 0.378. The summed E-state index contributed by atoms with van der Waals surface area (Å²) in [4.78, 5) is 38.7. The minimum absolute atomic E-state index is 0.0639. The van der Waals surface area contributed by atoms with Gasteiger partial charge in [0, 0.05) is 32.4 Å². The van der Waals surface area contributed by atoms with Crippen LogP contribution in [0.25, 0.3) is 0 Å². The first-order valence-electron chi connectivity index (χ1n) is 9.25. The van der Waals surface area contributed by atoms with Crippen molar-refractivity contribution in [2.45, 2.75) is 20.4 Å². The molecule has 0 spiro atoms. The molecule has 29 heavy (non-hydrogen) atoms. The second-order valence-corrected chi connectivity index (χ2v) is 6.94. The Bertz CT molecular complexity index is 1110. The van der Waals surface area contributed by atoms with E-state index >= 15 is 0 Å². The molecule has 0 aliphatic carbocycles. The average molecular weight is 392 g/mol. The molecule has 0 unspecified atom stereocenters. The Morgan fingerprint density at radius 2 is 1.66 bits per heavy atom. The van der Waals surface area contributed by atoms with Crippen LogP contribution in [-0.2, 0) is 18.4 Å². The first-order chi connectivity index (χ1) is 13.8. The summed E-state index contributed by atoms with van der Waals surface area (Å²) in [5.41, 5.74) is 2.09. The Morgan fingerprint density at radius 1 is 1.03 bits per heavy atom. The molecule has 1 amide bonds. The fraction of sp³-hybridized carbons (Fsp3) is 0.227. The predicted octanol–water partition coefficient (Wildman–Crippen LogP) is 2.63. The molecule has 0 atom stereocenters. The Hall–Kier alpha value is -3.61. The summed E-state index contributed by atoms with van der Waals surface area (Å²) in [5, 5.41) is 3.15. The second-order valence-electron chi connectivity index (χ2n) is 6.94. The minimum Gasteiger partial charge on any atom is -0.341 e. The van der Waals surface area contributed by atoms with Crippen LogP contribution in [0.4, 0.5) is 17.2 Å². The Kier molecular flexibility index (Phi) is 5.68. The summed E-state index contributed by atoms with van der Waals surface area (Å²) in [7, 11) is 3.33. The van der Waals surface area contributed by atoms with E-state index in [0.29, 0.717) is 17.1 Å². The summed E-state index contributed by atoms with van der Waals surface area (Å²) in [6.45, 7) is 3.42. The van der Waals surface area contributed by atoms with Crippen molar-refractivity contribution in [1.82, 2.24) is 9.13 Å². The highest BCUT2D eigenvalue weighted by Gasteiger charge is 2.15. The molecule has 150 valence electrons. The van der Waals surface area contributed by atoms with Crippen molar-refractivity contribution >= 4 is 23.1 Å². The zero-order valence-electron chi connectivity index (χ0n) is 17.0. The lowest BCUT2D eigenvalue weighted by molar-refractivity contribution is -0.116. The van der Waals surface area contributed by atoms with Gasteiger partial charge in [0.1, 0.15) is 5.82 Å². The SMILES string of the molecule is CC(=O)N(C)c1ccc(Nc2c(C)c(=O)n(Cc3ccccc3)c(=O)n2C)cc1. The molecule has 3 aromatic rings. The standard InChI is InChI=1S/C22H24N4O3/c1-15-20(23-18-10-12-19(13-11-18)24(3)16(2)27)25(4)22(29)26(21(15)28)14-17-8-6-5-7-9-17/h5-13,23H,14H2,1-4H3. The Labute approximate surface area is 168 Å². The van der Waals surface area contributed by atoms with E-state index in [-0.39, 0.29) is 23.7 Å². The maximum Gasteiger partial charge on any atom is 0.332 e. The molecule has 0 saturated heterocycles. The first kappa shape index (κ1) is 20.1. The molecule has 7 nitrogen and oxygen atoms in total. The molecule has 7 heteroatoms. The highest BCUT2D eigenvalue weighted by molar-refractivity contribution is 5.91. The largest absolute Gasteiger partial charge is 0.341 e. The number of amides is 1. The number of benzene rings is 2. The summed E-state index contributed by atoms with van der Waals surface area (Å²) >= 11 is 0. The molecular weight excluding hydrogens is 368 g/mol. The molecule has 0 aliphatic rings. The summed E-state index contributed by atoms with van der Waals surface area (Å²) < 4.78 is 2.68. The van der Waals surface area contributed by atoms with Gasteiger partial charge in [0.25, 0.3) is 5.56 Å². The van der Waals surface area contributed by atoms with E-state index < -0.39 is 0 Å². The molecule has 0 saturated carbocycles. The van der Waals surface area contributed by atoms with Gasteiger partial charge in [-0.25, -0.2) is 4.79 Å². The minimum atomic E-state index is -0.389. The molecule has 1 N–H and O–H groups in total. The highest BCUT2D eigenvalue weighted by Crippen LogP contribution is 2.21. The lowest BCUT2D eigenvalue weighted by Gasteiger charge is -2.18. The van der Waals surface area contributed by atoms with E-state index in [9.17, 15) is 14.4 Å². The topological polar surface area (TPSA) is 76.3 Å². The van der Waals surface area contributed by atoms with Crippen LogP contribution in [0.1, 0.15) is 18.1 Å². The monoisotopic (exact) mass is 392 g/mol. The van der Waals surface area contributed by atoms with Crippen LogP contribution in [0, 0.1) is 6.92 Å². The number of nitrogens with zero attached hydrogens (tertiary/aromatic N) is 3. The van der Waals surface area contributed by atoms with Gasteiger partial charge in [0.15, 0.2) is 0 Å². The van der Waals surface area contributed by atoms with Gasteiger partial charge < -0.3 is 10.2 Å². The lowest BCUT2D eigenvalue weighted by atomic mass is 10.2. The van der Waals surface area contributed by atoms with E-state index in [4.69, 9.17) is 0 Å². The van der Waals surface area contributed by atoms with E-state index in [1.54, 1.807) is 45.3 Å². The quantitative estimate of drug-likeness (QED) is 0.724. The van der Waals surface area contributed by atoms with E-state index in [0.717, 1.165) is 11.3 Å². The molecule has 0 radical (unpaired) electrons. The maximum atomic E-state index is 12.8. The number of nitrogens with one attached hydrogen (secondary N) is 1. The highest BCUT2D eigenvalue weighted by atomic mass is 16.2. The van der Waals surface area contributed by atoms with Crippen LogP contribution in [0.5, 0.6) is 0 Å². The second kappa shape index (κ2) is 8.18. The van der Waals surface area contributed by atoms with Gasteiger partial charge >= 0.3 is 5.69 Å². The zero-order valence-corrected chi connectivity index (χ0v) is 17.0. The average Bonchev–Trinajstić information content (AvgIpc) is 2.73. The number of anilines is 3. The van der Waals surface area contributed by atoms with Gasteiger partial charge in [0.05, 0.1) is 12.1 Å². The van der Waals surface area contributed by atoms with E-state index in [1.807, 2.05) is 30.3 Å². The van der Waals surface area contributed by atoms with Crippen LogP contribution in [0.3, 0.4) is 0 Å². The van der Waals surface area contributed by atoms with Gasteiger partial charge in [-0.05, 0) is 36.8 Å². The Morgan fingerprint density at radius 3 is 2.24 bits per heavy atom. The summed E-state index contributed by atoms with van der Waals surface area (Å²) in [6, 6.07) is 16.6. The van der Waals surface area contributed by atoms with Crippen LogP contribution in [-0.4, -0.2) is 22.1 Å². The molecule has 1 heterocycles. The normalized spacial score (nSPS) is 10.6. The van der Waals surface area contributed by atoms with Crippen molar-refractivity contribution in [2.24, 2.45) is 7.05 Å². The molecule has 0 aliphatic heterocycles. The smallest absolute Gasteiger partial charge is 0.332 e. The predicted molar refractivity (Wildman–Crippen MR) is 115 cm³/mol. The fourth-order valence-corrected chi connectivity index (χ4v) is 3.09. The van der Waals surface area contributed by atoms with Crippen molar-refractivity contribution in [3.63, 3.8) is 0 Å². The first-order valence-corrected chi connectivity index (χ1v) is 9.25. The number of hydrogen-bond acceptors (Lipinski definition) is 4. The van der Waals surface area contributed by atoms with Crippen LogP contribution in [0.15, 0.2) is 64.2 Å².